The van der Waals surface area contributed by atoms with E-state index in [2.05, 4.69) is 29.1 Å². The van der Waals surface area contributed by atoms with Gasteiger partial charge in [-0.25, -0.2) is 9.97 Å². The lowest BCUT2D eigenvalue weighted by Gasteiger charge is -2.13. The minimum atomic E-state index is 0.571. The monoisotopic (exact) mass is 235 g/mol. The molecular weight excluding hydrogens is 210 g/mol. The fourth-order valence-electron chi connectivity index (χ4n) is 1.86. The second-order valence-corrected chi connectivity index (χ2v) is 4.73. The van der Waals surface area contributed by atoms with Crippen LogP contribution in [-0.4, -0.2) is 16.0 Å². The van der Waals surface area contributed by atoms with Crippen LogP contribution in [0.15, 0.2) is 12.3 Å². The third kappa shape index (κ3) is 6.37. The molecule has 0 aliphatic heterocycles. The van der Waals surface area contributed by atoms with Crippen molar-refractivity contribution in [1.29, 1.82) is 0 Å². The number of aromatic nitrogens is 2. The first-order valence-corrected chi connectivity index (χ1v) is 6.74. The normalized spacial score (nSPS) is 12.6. The van der Waals surface area contributed by atoms with Crippen molar-refractivity contribution in [3.8, 4) is 0 Å². The molecular formula is C14H25N3. The Morgan fingerprint density at radius 1 is 1.29 bits per heavy atom. The number of aryl methyl sites for hydroxylation is 1. The molecule has 3 heteroatoms. The number of nitrogens with zero attached hydrogens (tertiary/aromatic N) is 2. The quantitative estimate of drug-likeness (QED) is 0.703. The molecule has 0 radical (unpaired) electrons. The van der Waals surface area contributed by atoms with Gasteiger partial charge in [0.25, 0.3) is 0 Å². The van der Waals surface area contributed by atoms with Gasteiger partial charge >= 0.3 is 0 Å². The van der Waals surface area contributed by atoms with Crippen molar-refractivity contribution in [3.63, 3.8) is 0 Å². The highest BCUT2D eigenvalue weighted by Gasteiger charge is 2.02. The largest absolute Gasteiger partial charge is 0.309 e. The molecule has 0 amide bonds. The van der Waals surface area contributed by atoms with Crippen molar-refractivity contribution in [2.75, 3.05) is 0 Å². The van der Waals surface area contributed by atoms with Crippen molar-refractivity contribution < 1.29 is 0 Å². The third-order valence-electron chi connectivity index (χ3n) is 2.96. The van der Waals surface area contributed by atoms with Gasteiger partial charge in [0.15, 0.2) is 0 Å². The summed E-state index contributed by atoms with van der Waals surface area (Å²) in [5.41, 5.74) is 1.08. The summed E-state index contributed by atoms with van der Waals surface area (Å²) in [7, 11) is 0. The molecule has 1 N–H and O–H groups in total. The van der Waals surface area contributed by atoms with Crippen LogP contribution >= 0.6 is 0 Å². The van der Waals surface area contributed by atoms with Gasteiger partial charge < -0.3 is 5.32 Å². The van der Waals surface area contributed by atoms with Gasteiger partial charge in [-0.3, -0.25) is 0 Å². The molecule has 1 atom stereocenters. The number of hydrogen-bond donors (Lipinski definition) is 1. The molecule has 17 heavy (non-hydrogen) atoms. The lowest BCUT2D eigenvalue weighted by Crippen LogP contribution is -2.25. The average molecular weight is 235 g/mol. The van der Waals surface area contributed by atoms with Crippen LogP contribution in [0.2, 0.25) is 0 Å². The summed E-state index contributed by atoms with van der Waals surface area (Å²) >= 11 is 0. The summed E-state index contributed by atoms with van der Waals surface area (Å²) in [4.78, 5) is 8.48. The van der Waals surface area contributed by atoms with E-state index in [9.17, 15) is 0 Å². The van der Waals surface area contributed by atoms with Crippen molar-refractivity contribution in [1.82, 2.24) is 15.3 Å². The molecule has 1 heterocycles. The van der Waals surface area contributed by atoms with Crippen molar-refractivity contribution in [3.05, 3.63) is 23.8 Å². The summed E-state index contributed by atoms with van der Waals surface area (Å²) < 4.78 is 0. The first kappa shape index (κ1) is 14.1. The van der Waals surface area contributed by atoms with E-state index in [-0.39, 0.29) is 0 Å². The lowest BCUT2D eigenvalue weighted by molar-refractivity contribution is 0.479. The molecule has 1 unspecified atom stereocenters. The Bertz CT molecular complexity index is 312. The second-order valence-electron chi connectivity index (χ2n) is 4.73. The van der Waals surface area contributed by atoms with Crippen LogP contribution in [0.1, 0.15) is 57.5 Å². The molecule has 0 saturated heterocycles. The molecule has 1 aromatic heterocycles. The zero-order chi connectivity index (χ0) is 12.5. The zero-order valence-electron chi connectivity index (χ0n) is 11.4. The Balaban J connectivity index is 2.17. The number of rotatable bonds is 8. The van der Waals surface area contributed by atoms with Crippen LogP contribution in [0.25, 0.3) is 0 Å². The Labute approximate surface area is 105 Å². The predicted octanol–water partition coefficient (Wildman–Crippen LogP) is 3.23. The van der Waals surface area contributed by atoms with Crippen LogP contribution in [0.4, 0.5) is 0 Å². The van der Waals surface area contributed by atoms with E-state index in [4.69, 9.17) is 0 Å². The molecule has 0 aromatic carbocycles. The SMILES string of the molecule is CCCCCCC(C)NCc1ccnc(C)n1. The molecule has 1 aromatic rings. The maximum atomic E-state index is 4.38. The second kappa shape index (κ2) is 8.18. The standard InChI is InChI=1S/C14H25N3/c1-4-5-6-7-8-12(2)16-11-14-9-10-15-13(3)17-14/h9-10,12,16H,4-8,11H2,1-3H3. The van der Waals surface area contributed by atoms with Gasteiger partial charge in [-0.05, 0) is 26.3 Å². The Morgan fingerprint density at radius 2 is 2.12 bits per heavy atom. The maximum absolute atomic E-state index is 4.38. The minimum absolute atomic E-state index is 0.571. The van der Waals surface area contributed by atoms with Crippen LogP contribution in [-0.2, 0) is 6.54 Å². The van der Waals surface area contributed by atoms with E-state index in [1.807, 2.05) is 19.2 Å². The van der Waals surface area contributed by atoms with Gasteiger partial charge in [0.1, 0.15) is 5.82 Å². The average Bonchev–Trinajstić information content (AvgIpc) is 2.32. The van der Waals surface area contributed by atoms with E-state index >= 15 is 0 Å². The molecule has 96 valence electrons. The van der Waals surface area contributed by atoms with E-state index in [1.165, 1.54) is 32.1 Å². The summed E-state index contributed by atoms with van der Waals surface area (Å²) in [6.45, 7) is 7.27. The summed E-state index contributed by atoms with van der Waals surface area (Å²) in [6.07, 6.45) is 8.43. The Hall–Kier alpha value is -0.960. The van der Waals surface area contributed by atoms with Crippen molar-refractivity contribution in [2.45, 2.75) is 65.5 Å². The zero-order valence-corrected chi connectivity index (χ0v) is 11.4. The third-order valence-corrected chi connectivity index (χ3v) is 2.96. The minimum Gasteiger partial charge on any atom is -0.309 e. The van der Waals surface area contributed by atoms with E-state index < -0.39 is 0 Å². The highest BCUT2D eigenvalue weighted by molar-refractivity contribution is 5.01. The highest BCUT2D eigenvalue weighted by Crippen LogP contribution is 2.05. The molecule has 0 bridgehead atoms. The molecule has 0 aliphatic rings. The fraction of sp³-hybridized carbons (Fsp3) is 0.714. The Morgan fingerprint density at radius 3 is 2.82 bits per heavy atom. The van der Waals surface area contributed by atoms with Crippen LogP contribution < -0.4 is 5.32 Å². The van der Waals surface area contributed by atoms with Crippen molar-refractivity contribution in [2.24, 2.45) is 0 Å². The number of hydrogen-bond acceptors (Lipinski definition) is 3. The van der Waals surface area contributed by atoms with Crippen LogP contribution in [0.5, 0.6) is 0 Å². The maximum Gasteiger partial charge on any atom is 0.125 e. The van der Waals surface area contributed by atoms with E-state index in [0.29, 0.717) is 6.04 Å². The lowest BCUT2D eigenvalue weighted by atomic mass is 10.1. The van der Waals surface area contributed by atoms with Crippen LogP contribution in [0.3, 0.4) is 0 Å². The molecule has 0 spiro atoms. The number of unbranched alkanes of at least 4 members (excludes halogenated alkanes) is 3. The smallest absolute Gasteiger partial charge is 0.125 e. The van der Waals surface area contributed by atoms with Gasteiger partial charge in [-0.15, -0.1) is 0 Å². The van der Waals surface area contributed by atoms with Crippen molar-refractivity contribution >= 4 is 0 Å². The molecule has 1 rings (SSSR count). The summed E-state index contributed by atoms with van der Waals surface area (Å²) in [5.74, 6) is 0.847. The number of nitrogens with one attached hydrogen (secondary N) is 1. The van der Waals surface area contributed by atoms with Gasteiger partial charge in [0.05, 0.1) is 5.69 Å². The van der Waals surface area contributed by atoms with E-state index in [1.54, 1.807) is 0 Å². The van der Waals surface area contributed by atoms with E-state index in [0.717, 1.165) is 18.1 Å². The molecule has 0 aliphatic carbocycles. The first-order valence-electron chi connectivity index (χ1n) is 6.74. The summed E-state index contributed by atoms with van der Waals surface area (Å²) in [5, 5.41) is 3.51. The Kier molecular flexibility index (Phi) is 6.78. The van der Waals surface area contributed by atoms with Crippen LogP contribution in [0, 0.1) is 6.92 Å². The molecule has 3 nitrogen and oxygen atoms in total. The predicted molar refractivity (Wildman–Crippen MR) is 71.8 cm³/mol. The fourth-order valence-corrected chi connectivity index (χ4v) is 1.86. The topological polar surface area (TPSA) is 37.8 Å². The molecule has 0 saturated carbocycles. The van der Waals surface area contributed by atoms with Gasteiger partial charge in [0, 0.05) is 18.8 Å². The highest BCUT2D eigenvalue weighted by atomic mass is 14.9. The first-order chi connectivity index (χ1) is 8.22. The van der Waals surface area contributed by atoms with Gasteiger partial charge in [-0.1, -0.05) is 32.6 Å². The summed E-state index contributed by atoms with van der Waals surface area (Å²) in [6, 6.07) is 2.55. The molecule has 0 fully saturated rings. The van der Waals surface area contributed by atoms with Gasteiger partial charge in [0.2, 0.25) is 0 Å². The van der Waals surface area contributed by atoms with Gasteiger partial charge in [-0.2, -0.15) is 0 Å².